The SMILES string of the molecule is Cc1c(C=C(C#N)c2nc3ccccc3[nH]2)c(=O)n2c([nH]c3ccccc32)c1C#N. The first-order chi connectivity index (χ1) is 14.6. The predicted molar refractivity (Wildman–Crippen MR) is 115 cm³/mol. The molecule has 3 heterocycles. The van der Waals surface area contributed by atoms with E-state index >= 15 is 0 Å². The Kier molecular flexibility index (Phi) is 3.77. The number of benzene rings is 2. The largest absolute Gasteiger partial charge is 0.338 e. The Labute approximate surface area is 170 Å². The third-order valence-electron chi connectivity index (χ3n) is 5.24. The van der Waals surface area contributed by atoms with Gasteiger partial charge in [0.2, 0.25) is 0 Å². The van der Waals surface area contributed by atoms with E-state index in [0.717, 1.165) is 16.6 Å². The summed E-state index contributed by atoms with van der Waals surface area (Å²) in [6.07, 6.45) is 1.50. The molecule has 0 aliphatic rings. The van der Waals surface area contributed by atoms with Crippen LogP contribution < -0.4 is 5.56 Å². The van der Waals surface area contributed by atoms with Gasteiger partial charge in [-0.3, -0.25) is 9.20 Å². The van der Waals surface area contributed by atoms with Crippen LogP contribution in [0.1, 0.15) is 22.5 Å². The zero-order valence-electron chi connectivity index (χ0n) is 15.9. The number of nitrogens with zero attached hydrogens (tertiary/aromatic N) is 4. The van der Waals surface area contributed by atoms with Gasteiger partial charge < -0.3 is 9.97 Å². The summed E-state index contributed by atoms with van der Waals surface area (Å²) in [4.78, 5) is 24.1. The smallest absolute Gasteiger partial charge is 0.264 e. The number of rotatable bonds is 2. The lowest BCUT2D eigenvalue weighted by Gasteiger charge is -2.06. The van der Waals surface area contributed by atoms with Gasteiger partial charge in [0, 0.05) is 5.56 Å². The Hall–Kier alpha value is -4.62. The standard InChI is InChI=1S/C23H14N6O/c1-13-15(10-14(11-24)21-26-17-6-2-3-7-18(17)27-21)23(30)29-20-9-5-4-8-19(20)28-22(29)16(13)12-25/h2-10,28H,1H3,(H,26,27). The van der Waals surface area contributed by atoms with Crippen LogP contribution in [0.5, 0.6) is 0 Å². The Bertz CT molecular complexity index is 1620. The minimum atomic E-state index is -0.303. The molecule has 7 nitrogen and oxygen atoms in total. The lowest BCUT2D eigenvalue weighted by atomic mass is 10.0. The van der Waals surface area contributed by atoms with Crippen molar-refractivity contribution in [2.75, 3.05) is 0 Å². The van der Waals surface area contributed by atoms with E-state index in [9.17, 15) is 15.3 Å². The monoisotopic (exact) mass is 390 g/mol. The molecule has 2 aromatic carbocycles. The van der Waals surface area contributed by atoms with E-state index in [4.69, 9.17) is 0 Å². The van der Waals surface area contributed by atoms with Crippen LogP contribution in [0.3, 0.4) is 0 Å². The van der Waals surface area contributed by atoms with Crippen LogP contribution in [-0.4, -0.2) is 19.4 Å². The summed E-state index contributed by atoms with van der Waals surface area (Å²) >= 11 is 0. The summed E-state index contributed by atoms with van der Waals surface area (Å²) in [6, 6.07) is 19.1. The summed E-state index contributed by atoms with van der Waals surface area (Å²) < 4.78 is 1.49. The van der Waals surface area contributed by atoms with Crippen LogP contribution in [0.2, 0.25) is 0 Å². The maximum absolute atomic E-state index is 13.4. The van der Waals surface area contributed by atoms with Gasteiger partial charge in [-0.25, -0.2) is 4.98 Å². The minimum Gasteiger partial charge on any atom is -0.338 e. The average molecular weight is 390 g/mol. The first-order valence-electron chi connectivity index (χ1n) is 9.25. The molecule has 0 radical (unpaired) electrons. The van der Waals surface area contributed by atoms with Crippen molar-refractivity contribution in [3.05, 3.63) is 81.4 Å². The van der Waals surface area contributed by atoms with Crippen molar-refractivity contribution >= 4 is 39.4 Å². The minimum absolute atomic E-state index is 0.218. The van der Waals surface area contributed by atoms with Crippen molar-refractivity contribution in [1.82, 2.24) is 19.4 Å². The zero-order valence-corrected chi connectivity index (χ0v) is 15.9. The number of pyridine rings is 1. The first-order valence-corrected chi connectivity index (χ1v) is 9.25. The molecule has 3 aromatic heterocycles. The molecular formula is C23H14N6O. The molecule has 7 heteroatoms. The molecule has 2 N–H and O–H groups in total. The lowest BCUT2D eigenvalue weighted by Crippen LogP contribution is -2.18. The summed E-state index contributed by atoms with van der Waals surface area (Å²) in [7, 11) is 0. The highest BCUT2D eigenvalue weighted by Gasteiger charge is 2.18. The highest BCUT2D eigenvalue weighted by Crippen LogP contribution is 2.24. The Morgan fingerprint density at radius 1 is 1.07 bits per heavy atom. The molecule has 0 spiro atoms. The fraction of sp³-hybridized carbons (Fsp3) is 0.0435. The highest BCUT2D eigenvalue weighted by molar-refractivity contribution is 5.92. The summed E-state index contributed by atoms with van der Waals surface area (Å²) in [5, 5.41) is 19.5. The van der Waals surface area contributed by atoms with Crippen LogP contribution in [0.15, 0.2) is 53.3 Å². The van der Waals surface area contributed by atoms with Crippen molar-refractivity contribution in [1.29, 1.82) is 10.5 Å². The van der Waals surface area contributed by atoms with Crippen LogP contribution >= 0.6 is 0 Å². The number of aromatic amines is 2. The van der Waals surface area contributed by atoms with Crippen molar-refractivity contribution in [3.63, 3.8) is 0 Å². The number of aromatic nitrogens is 4. The summed E-state index contributed by atoms with van der Waals surface area (Å²) in [6.45, 7) is 1.71. The van der Waals surface area contributed by atoms with Gasteiger partial charge in [-0.1, -0.05) is 24.3 Å². The van der Waals surface area contributed by atoms with E-state index in [2.05, 4.69) is 27.1 Å². The second-order valence-electron chi connectivity index (χ2n) is 6.93. The third kappa shape index (κ3) is 2.43. The van der Waals surface area contributed by atoms with Crippen LogP contribution in [0.25, 0.3) is 39.4 Å². The molecule has 142 valence electrons. The molecule has 30 heavy (non-hydrogen) atoms. The molecule has 0 amide bonds. The molecular weight excluding hydrogens is 376 g/mol. The quantitative estimate of drug-likeness (QED) is 0.445. The fourth-order valence-corrected chi connectivity index (χ4v) is 3.74. The topological polar surface area (TPSA) is 114 Å². The fourth-order valence-electron chi connectivity index (χ4n) is 3.74. The molecule has 5 rings (SSSR count). The third-order valence-corrected chi connectivity index (χ3v) is 5.24. The first kappa shape index (κ1) is 17.5. The van der Waals surface area contributed by atoms with Gasteiger partial charge in [0.1, 0.15) is 23.6 Å². The zero-order chi connectivity index (χ0) is 20.8. The maximum Gasteiger partial charge on any atom is 0.264 e. The molecule has 0 saturated carbocycles. The second-order valence-corrected chi connectivity index (χ2v) is 6.93. The van der Waals surface area contributed by atoms with Gasteiger partial charge in [-0.05, 0) is 42.8 Å². The normalized spacial score (nSPS) is 11.8. The van der Waals surface area contributed by atoms with E-state index in [0.29, 0.717) is 28.1 Å². The average Bonchev–Trinajstić information content (AvgIpc) is 3.35. The van der Waals surface area contributed by atoms with Crippen molar-refractivity contribution in [2.45, 2.75) is 6.92 Å². The number of allylic oxidation sites excluding steroid dienone is 1. The molecule has 0 fully saturated rings. The number of imidazole rings is 2. The Morgan fingerprint density at radius 3 is 2.53 bits per heavy atom. The van der Waals surface area contributed by atoms with Gasteiger partial charge in [-0.15, -0.1) is 0 Å². The van der Waals surface area contributed by atoms with Gasteiger partial charge in [0.25, 0.3) is 5.56 Å². The predicted octanol–water partition coefficient (Wildman–Crippen LogP) is 3.90. The summed E-state index contributed by atoms with van der Waals surface area (Å²) in [5.74, 6) is 0.375. The van der Waals surface area contributed by atoms with E-state index in [1.807, 2.05) is 48.5 Å². The molecule has 0 atom stereocenters. The van der Waals surface area contributed by atoms with Crippen molar-refractivity contribution in [3.8, 4) is 12.1 Å². The number of hydrogen-bond donors (Lipinski definition) is 2. The molecule has 0 saturated heterocycles. The number of para-hydroxylation sites is 4. The van der Waals surface area contributed by atoms with Crippen LogP contribution in [0, 0.1) is 29.6 Å². The van der Waals surface area contributed by atoms with Crippen LogP contribution in [-0.2, 0) is 0 Å². The van der Waals surface area contributed by atoms with E-state index in [1.54, 1.807) is 6.92 Å². The van der Waals surface area contributed by atoms with E-state index < -0.39 is 0 Å². The van der Waals surface area contributed by atoms with Crippen molar-refractivity contribution < 1.29 is 0 Å². The Morgan fingerprint density at radius 2 is 1.80 bits per heavy atom. The van der Waals surface area contributed by atoms with E-state index in [1.165, 1.54) is 10.5 Å². The number of hydrogen-bond acceptors (Lipinski definition) is 4. The van der Waals surface area contributed by atoms with Crippen molar-refractivity contribution in [2.24, 2.45) is 0 Å². The number of H-pyrrole nitrogens is 2. The molecule has 5 aromatic rings. The van der Waals surface area contributed by atoms with Gasteiger partial charge >= 0.3 is 0 Å². The summed E-state index contributed by atoms with van der Waals surface area (Å²) in [5.41, 5.74) is 4.47. The van der Waals surface area contributed by atoms with E-state index in [-0.39, 0.29) is 16.7 Å². The maximum atomic E-state index is 13.4. The van der Waals surface area contributed by atoms with Gasteiger partial charge in [0.15, 0.2) is 0 Å². The number of fused-ring (bicyclic) bond motifs is 4. The molecule has 0 aliphatic carbocycles. The van der Waals surface area contributed by atoms with Gasteiger partial charge in [-0.2, -0.15) is 10.5 Å². The van der Waals surface area contributed by atoms with Gasteiger partial charge in [0.05, 0.1) is 33.2 Å². The molecule has 0 unspecified atom stereocenters. The second kappa shape index (κ2) is 6.47. The van der Waals surface area contributed by atoms with Crippen LogP contribution in [0.4, 0.5) is 0 Å². The molecule has 0 bridgehead atoms. The highest BCUT2D eigenvalue weighted by atomic mass is 16.1. The number of nitrogens with one attached hydrogen (secondary N) is 2. The lowest BCUT2D eigenvalue weighted by molar-refractivity contribution is 1.11. The molecule has 0 aliphatic heterocycles. The number of nitriles is 2. The Balaban J connectivity index is 1.83.